The van der Waals surface area contributed by atoms with E-state index in [0.717, 1.165) is 50.4 Å². The summed E-state index contributed by atoms with van der Waals surface area (Å²) in [6.07, 6.45) is 9.93. The van der Waals surface area contributed by atoms with Crippen molar-refractivity contribution >= 4 is 32.7 Å². The van der Waals surface area contributed by atoms with Gasteiger partial charge in [0.2, 0.25) is 0 Å². The molecule has 264 valence electrons. The highest BCUT2D eigenvalue weighted by Crippen LogP contribution is 2.50. The van der Waals surface area contributed by atoms with E-state index in [0.29, 0.717) is 23.0 Å². The maximum Gasteiger partial charge on any atom is 0.165 e. The van der Waals surface area contributed by atoms with Crippen LogP contribution in [0, 0.1) is 11.3 Å². The molecule has 56 heavy (non-hydrogen) atoms. The Labute approximate surface area is 326 Å². The van der Waals surface area contributed by atoms with Gasteiger partial charge in [-0.05, 0) is 85.1 Å². The number of nitriles is 1. The van der Waals surface area contributed by atoms with Crippen LogP contribution in [0.4, 0.5) is 0 Å². The predicted molar refractivity (Wildman–Crippen MR) is 230 cm³/mol. The van der Waals surface area contributed by atoms with E-state index in [1.807, 2.05) is 42.5 Å². The molecule has 1 heterocycles. The van der Waals surface area contributed by atoms with Crippen LogP contribution in [-0.2, 0) is 5.41 Å². The second kappa shape index (κ2) is 13.3. The number of hydrogen-bond acceptors (Lipinski definition) is 4. The van der Waals surface area contributed by atoms with Crippen molar-refractivity contribution in [3.8, 4) is 51.4 Å². The van der Waals surface area contributed by atoms with Crippen molar-refractivity contribution in [2.75, 3.05) is 0 Å². The van der Waals surface area contributed by atoms with E-state index < -0.39 is 0 Å². The molecule has 1 aromatic heterocycles. The standard InChI is InChI=1S/C52H36N4/c1-52(2)45-30-33(32-53)24-28-41(45)42-29-27-38(31-46(42)52)34-18-13-19-35(26-25-34)47-43-22-11-9-20-39(43)40-21-10-12-23-44(40)48(47)51-55-49(36-14-5-3-6-15-36)54-50(56-51)37-16-7-4-8-17-37/h3-12,14-31H,13H2,1-2H3. The van der Waals surface area contributed by atoms with Crippen LogP contribution in [-0.4, -0.2) is 15.0 Å². The monoisotopic (exact) mass is 716 g/mol. The van der Waals surface area contributed by atoms with Gasteiger partial charge in [0.05, 0.1) is 11.6 Å². The molecule has 2 aliphatic carbocycles. The van der Waals surface area contributed by atoms with Crippen LogP contribution in [0.15, 0.2) is 170 Å². The van der Waals surface area contributed by atoms with Crippen LogP contribution in [0.5, 0.6) is 0 Å². The van der Waals surface area contributed by atoms with E-state index in [1.165, 1.54) is 38.8 Å². The molecule has 0 spiro atoms. The van der Waals surface area contributed by atoms with Crippen molar-refractivity contribution in [1.29, 1.82) is 5.26 Å². The first kappa shape index (κ1) is 33.4. The van der Waals surface area contributed by atoms with Gasteiger partial charge in [0.1, 0.15) is 0 Å². The van der Waals surface area contributed by atoms with Crippen molar-refractivity contribution in [3.05, 3.63) is 198 Å². The van der Waals surface area contributed by atoms with Crippen molar-refractivity contribution in [2.45, 2.75) is 25.7 Å². The van der Waals surface area contributed by atoms with Gasteiger partial charge in [-0.1, -0.05) is 166 Å². The van der Waals surface area contributed by atoms with Crippen molar-refractivity contribution in [3.63, 3.8) is 0 Å². The Kier molecular flexibility index (Phi) is 7.90. The molecule has 4 nitrogen and oxygen atoms in total. The van der Waals surface area contributed by atoms with E-state index in [9.17, 15) is 5.26 Å². The smallest absolute Gasteiger partial charge is 0.165 e. The summed E-state index contributed by atoms with van der Waals surface area (Å²) in [5.74, 6) is 1.91. The van der Waals surface area contributed by atoms with E-state index in [-0.39, 0.29) is 5.41 Å². The molecule has 0 aliphatic heterocycles. The van der Waals surface area contributed by atoms with E-state index in [4.69, 9.17) is 15.0 Å². The molecule has 2 aliphatic rings. The first-order valence-electron chi connectivity index (χ1n) is 19.1. The fourth-order valence-electron chi connectivity index (χ4n) is 8.61. The molecule has 0 fully saturated rings. The van der Waals surface area contributed by atoms with Crippen LogP contribution in [0.1, 0.15) is 48.1 Å². The van der Waals surface area contributed by atoms with Crippen LogP contribution >= 0.6 is 0 Å². The van der Waals surface area contributed by atoms with E-state index in [1.54, 1.807) is 0 Å². The number of allylic oxidation sites excluding steroid dienone is 6. The first-order chi connectivity index (χ1) is 27.5. The van der Waals surface area contributed by atoms with Crippen LogP contribution in [0.3, 0.4) is 0 Å². The summed E-state index contributed by atoms with van der Waals surface area (Å²) in [5, 5.41) is 14.2. The lowest BCUT2D eigenvalue weighted by molar-refractivity contribution is 0.660. The zero-order chi connectivity index (χ0) is 37.8. The number of benzene rings is 7. The van der Waals surface area contributed by atoms with Gasteiger partial charge >= 0.3 is 0 Å². The SMILES string of the molecule is CC1(C)c2cc(C#N)ccc2-c2ccc(C3=CCC=C(c4c(-c5nc(-c6ccccc6)nc(-c6ccccc6)n5)c5ccccc5c5ccccc45)C=C3)cc21. The minimum Gasteiger partial charge on any atom is -0.208 e. The third-order valence-electron chi connectivity index (χ3n) is 11.4. The summed E-state index contributed by atoms with van der Waals surface area (Å²) < 4.78 is 0. The summed E-state index contributed by atoms with van der Waals surface area (Å²) in [6.45, 7) is 4.53. The summed E-state index contributed by atoms with van der Waals surface area (Å²) in [5.41, 5.74) is 12.9. The molecule has 0 radical (unpaired) electrons. The number of fused-ring (bicyclic) bond motifs is 6. The Balaban J connectivity index is 1.14. The fraction of sp³-hybridized carbons (Fsp3) is 0.0769. The highest BCUT2D eigenvalue weighted by atomic mass is 15.0. The fourth-order valence-corrected chi connectivity index (χ4v) is 8.61. The molecule has 0 saturated heterocycles. The molecular weight excluding hydrogens is 681 g/mol. The molecule has 4 heteroatoms. The zero-order valence-corrected chi connectivity index (χ0v) is 31.2. The molecule has 8 aromatic rings. The summed E-state index contributed by atoms with van der Waals surface area (Å²) >= 11 is 0. The van der Waals surface area contributed by atoms with Gasteiger partial charge in [0, 0.05) is 27.7 Å². The minimum atomic E-state index is -0.216. The molecule has 0 unspecified atom stereocenters. The van der Waals surface area contributed by atoms with Gasteiger partial charge in [0.25, 0.3) is 0 Å². The Hall–Kier alpha value is -7.22. The van der Waals surface area contributed by atoms with Gasteiger partial charge in [-0.15, -0.1) is 0 Å². The van der Waals surface area contributed by atoms with Gasteiger partial charge < -0.3 is 0 Å². The lowest BCUT2D eigenvalue weighted by Gasteiger charge is -2.22. The molecule has 0 amide bonds. The topological polar surface area (TPSA) is 62.5 Å². The average Bonchev–Trinajstić information content (AvgIpc) is 3.38. The molecule has 10 rings (SSSR count). The quantitative estimate of drug-likeness (QED) is 0.166. The lowest BCUT2D eigenvalue weighted by Crippen LogP contribution is -2.15. The number of aromatic nitrogens is 3. The Morgan fingerprint density at radius 1 is 0.482 bits per heavy atom. The second-order valence-corrected chi connectivity index (χ2v) is 15.0. The number of hydrogen-bond donors (Lipinski definition) is 0. The summed E-state index contributed by atoms with van der Waals surface area (Å²) in [7, 11) is 0. The number of rotatable bonds is 5. The third-order valence-corrected chi connectivity index (χ3v) is 11.4. The maximum atomic E-state index is 9.63. The average molecular weight is 717 g/mol. The Bertz CT molecular complexity index is 2960. The van der Waals surface area contributed by atoms with Crippen molar-refractivity contribution in [1.82, 2.24) is 15.0 Å². The highest BCUT2D eigenvalue weighted by Gasteiger charge is 2.36. The Morgan fingerprint density at radius 3 is 1.61 bits per heavy atom. The van der Waals surface area contributed by atoms with Crippen molar-refractivity contribution in [2.24, 2.45) is 0 Å². The van der Waals surface area contributed by atoms with Gasteiger partial charge in [-0.2, -0.15) is 5.26 Å². The van der Waals surface area contributed by atoms with Crippen LogP contribution in [0.25, 0.3) is 78.0 Å². The first-order valence-corrected chi connectivity index (χ1v) is 19.1. The third kappa shape index (κ3) is 5.48. The van der Waals surface area contributed by atoms with Gasteiger partial charge in [0.15, 0.2) is 17.5 Å². The Morgan fingerprint density at radius 2 is 0.982 bits per heavy atom. The minimum absolute atomic E-state index is 0.216. The normalized spacial score (nSPS) is 14.1. The van der Waals surface area contributed by atoms with E-state index in [2.05, 4.69) is 147 Å². The second-order valence-electron chi connectivity index (χ2n) is 15.0. The summed E-state index contributed by atoms with van der Waals surface area (Å²) in [4.78, 5) is 15.6. The van der Waals surface area contributed by atoms with E-state index >= 15 is 0 Å². The lowest BCUT2D eigenvalue weighted by atomic mass is 9.81. The molecule has 0 bridgehead atoms. The predicted octanol–water partition coefficient (Wildman–Crippen LogP) is 12.8. The molecule has 0 saturated carbocycles. The molecular formula is C52H36N4. The molecule has 7 aromatic carbocycles. The zero-order valence-electron chi connectivity index (χ0n) is 31.2. The highest BCUT2D eigenvalue weighted by molar-refractivity contribution is 6.19. The van der Waals surface area contributed by atoms with Crippen LogP contribution < -0.4 is 0 Å². The largest absolute Gasteiger partial charge is 0.208 e. The summed E-state index contributed by atoms with van der Waals surface area (Å²) in [6, 6.07) is 52.9. The van der Waals surface area contributed by atoms with Crippen LogP contribution in [0.2, 0.25) is 0 Å². The molecule has 0 N–H and O–H groups in total. The van der Waals surface area contributed by atoms with Gasteiger partial charge in [-0.25, -0.2) is 15.0 Å². The van der Waals surface area contributed by atoms with Crippen molar-refractivity contribution < 1.29 is 0 Å². The maximum absolute atomic E-state index is 9.63. The number of nitrogens with zero attached hydrogens (tertiary/aromatic N) is 4. The van der Waals surface area contributed by atoms with Gasteiger partial charge in [-0.3, -0.25) is 0 Å². The molecule has 0 atom stereocenters.